The second-order valence-electron chi connectivity index (χ2n) is 4.85. The van der Waals surface area contributed by atoms with Crippen LogP contribution in [-0.2, 0) is 4.79 Å². The first-order valence-electron chi connectivity index (χ1n) is 6.23. The largest absolute Gasteiger partial charge is 0.493 e. The number of aliphatic carboxylic acids is 1. The Bertz CT molecular complexity index is 441. The van der Waals surface area contributed by atoms with Gasteiger partial charge in [0.1, 0.15) is 11.6 Å². The maximum absolute atomic E-state index is 13.2. The number of hydrogen-bond donors (Lipinski definition) is 1. The average molecular weight is 252 g/mol. The smallest absolute Gasteiger partial charge is 0.310 e. The molecule has 1 saturated carbocycles. The molecule has 0 spiro atoms. The molecule has 1 atom stereocenters. The van der Waals surface area contributed by atoms with Gasteiger partial charge in [-0.2, -0.15) is 0 Å². The monoisotopic (exact) mass is 252 g/mol. The van der Waals surface area contributed by atoms with Gasteiger partial charge in [-0.15, -0.1) is 0 Å². The zero-order valence-electron chi connectivity index (χ0n) is 10.4. The maximum Gasteiger partial charge on any atom is 0.310 e. The Morgan fingerprint density at radius 2 is 2.28 bits per heavy atom. The molecule has 0 heterocycles. The number of ether oxygens (including phenoxy) is 1. The summed E-state index contributed by atoms with van der Waals surface area (Å²) in [6, 6.07) is 4.06. The Hall–Kier alpha value is -1.58. The lowest BCUT2D eigenvalue weighted by Gasteiger charge is -2.26. The van der Waals surface area contributed by atoms with E-state index < -0.39 is 17.7 Å². The number of benzene rings is 1. The van der Waals surface area contributed by atoms with Crippen molar-refractivity contribution in [1.29, 1.82) is 0 Å². The molecule has 1 aliphatic rings. The predicted molar refractivity (Wildman–Crippen MR) is 65.3 cm³/mol. The van der Waals surface area contributed by atoms with E-state index in [0.29, 0.717) is 23.8 Å². The van der Waals surface area contributed by atoms with Crippen LogP contribution in [0.3, 0.4) is 0 Å². The quantitative estimate of drug-likeness (QED) is 0.875. The Morgan fingerprint density at radius 1 is 1.56 bits per heavy atom. The summed E-state index contributed by atoms with van der Waals surface area (Å²) in [5, 5.41) is 9.01. The SMILES string of the molecule is CC(C(=O)O)c1cc(F)ccc1OCC1CCC1. The summed E-state index contributed by atoms with van der Waals surface area (Å²) in [6.45, 7) is 2.12. The minimum Gasteiger partial charge on any atom is -0.493 e. The minimum absolute atomic E-state index is 0.404. The fourth-order valence-electron chi connectivity index (χ4n) is 1.99. The normalized spacial score (nSPS) is 17.0. The van der Waals surface area contributed by atoms with Gasteiger partial charge in [0.15, 0.2) is 0 Å². The molecule has 2 rings (SSSR count). The molecule has 1 aliphatic carbocycles. The van der Waals surface area contributed by atoms with Gasteiger partial charge in [-0.25, -0.2) is 4.39 Å². The van der Waals surface area contributed by atoms with Crippen LogP contribution < -0.4 is 4.74 Å². The number of carboxylic acids is 1. The fraction of sp³-hybridized carbons (Fsp3) is 0.500. The van der Waals surface area contributed by atoms with Gasteiger partial charge < -0.3 is 9.84 Å². The highest BCUT2D eigenvalue weighted by Crippen LogP contribution is 2.31. The predicted octanol–water partition coefficient (Wildman–Crippen LogP) is 3.19. The van der Waals surface area contributed by atoms with Crippen LogP contribution >= 0.6 is 0 Å². The molecule has 4 heteroatoms. The Balaban J connectivity index is 2.13. The summed E-state index contributed by atoms with van der Waals surface area (Å²) in [5.74, 6) is -1.14. The van der Waals surface area contributed by atoms with E-state index in [9.17, 15) is 9.18 Å². The van der Waals surface area contributed by atoms with E-state index in [2.05, 4.69) is 0 Å². The lowest BCUT2D eigenvalue weighted by molar-refractivity contribution is -0.138. The zero-order chi connectivity index (χ0) is 13.1. The Labute approximate surface area is 106 Å². The molecular formula is C14H17FO3. The average Bonchev–Trinajstić information content (AvgIpc) is 2.27. The van der Waals surface area contributed by atoms with Gasteiger partial charge in [0.2, 0.25) is 0 Å². The third-order valence-corrected chi connectivity index (χ3v) is 3.51. The van der Waals surface area contributed by atoms with Crippen molar-refractivity contribution in [3.8, 4) is 5.75 Å². The Kier molecular flexibility index (Phi) is 3.84. The first-order valence-corrected chi connectivity index (χ1v) is 6.23. The van der Waals surface area contributed by atoms with E-state index in [4.69, 9.17) is 9.84 Å². The summed E-state index contributed by atoms with van der Waals surface area (Å²) in [5.41, 5.74) is 0.404. The summed E-state index contributed by atoms with van der Waals surface area (Å²) >= 11 is 0. The molecule has 0 aliphatic heterocycles. The molecule has 0 saturated heterocycles. The van der Waals surface area contributed by atoms with E-state index in [-0.39, 0.29) is 0 Å². The Morgan fingerprint density at radius 3 is 2.83 bits per heavy atom. The molecule has 3 nitrogen and oxygen atoms in total. The van der Waals surface area contributed by atoms with E-state index in [1.165, 1.54) is 31.5 Å². The number of halogens is 1. The third kappa shape index (κ3) is 2.81. The number of rotatable bonds is 5. The molecule has 1 aromatic carbocycles. The summed E-state index contributed by atoms with van der Waals surface area (Å²) in [4.78, 5) is 11.0. The van der Waals surface area contributed by atoms with Crippen LogP contribution in [0.2, 0.25) is 0 Å². The lowest BCUT2D eigenvalue weighted by atomic mass is 9.86. The topological polar surface area (TPSA) is 46.5 Å². The van der Waals surface area contributed by atoms with Crippen molar-refractivity contribution >= 4 is 5.97 Å². The van der Waals surface area contributed by atoms with Crippen LogP contribution in [-0.4, -0.2) is 17.7 Å². The van der Waals surface area contributed by atoms with Gasteiger partial charge in [-0.3, -0.25) is 4.79 Å². The molecule has 0 aromatic heterocycles. The van der Waals surface area contributed by atoms with Crippen LogP contribution in [0.15, 0.2) is 18.2 Å². The van der Waals surface area contributed by atoms with E-state index in [1.54, 1.807) is 0 Å². The molecule has 98 valence electrons. The van der Waals surface area contributed by atoms with E-state index >= 15 is 0 Å². The van der Waals surface area contributed by atoms with Crippen LogP contribution in [0.1, 0.15) is 37.7 Å². The zero-order valence-corrected chi connectivity index (χ0v) is 10.4. The van der Waals surface area contributed by atoms with Gasteiger partial charge in [-0.1, -0.05) is 6.42 Å². The van der Waals surface area contributed by atoms with Crippen molar-refractivity contribution in [2.45, 2.75) is 32.1 Å². The summed E-state index contributed by atoms with van der Waals surface area (Å²) in [7, 11) is 0. The van der Waals surface area contributed by atoms with Crippen molar-refractivity contribution < 1.29 is 19.0 Å². The first-order chi connectivity index (χ1) is 8.58. The summed E-state index contributed by atoms with van der Waals surface area (Å²) < 4.78 is 18.8. The standard InChI is InChI=1S/C14H17FO3/c1-9(14(16)17)12-7-11(15)5-6-13(12)18-8-10-3-2-4-10/h5-7,9-10H,2-4,8H2,1H3,(H,16,17). The molecule has 1 fully saturated rings. The highest BCUT2D eigenvalue weighted by Gasteiger charge is 2.22. The van der Waals surface area contributed by atoms with Crippen LogP contribution in [0.5, 0.6) is 5.75 Å². The van der Waals surface area contributed by atoms with Gasteiger partial charge in [0.05, 0.1) is 12.5 Å². The third-order valence-electron chi connectivity index (χ3n) is 3.51. The van der Waals surface area contributed by atoms with E-state index in [0.717, 1.165) is 12.8 Å². The highest BCUT2D eigenvalue weighted by molar-refractivity contribution is 5.76. The molecule has 0 amide bonds. The lowest BCUT2D eigenvalue weighted by Crippen LogP contribution is -2.20. The maximum atomic E-state index is 13.2. The second-order valence-corrected chi connectivity index (χ2v) is 4.85. The van der Waals surface area contributed by atoms with Crippen molar-refractivity contribution in [3.63, 3.8) is 0 Å². The fourth-order valence-corrected chi connectivity index (χ4v) is 1.99. The highest BCUT2D eigenvalue weighted by atomic mass is 19.1. The van der Waals surface area contributed by atoms with Gasteiger partial charge in [0, 0.05) is 5.56 Å². The molecule has 1 aromatic rings. The number of carboxylic acid groups (broad SMARTS) is 1. The molecule has 0 bridgehead atoms. The van der Waals surface area contributed by atoms with Crippen LogP contribution in [0, 0.1) is 11.7 Å². The van der Waals surface area contributed by atoms with E-state index in [1.807, 2.05) is 0 Å². The van der Waals surface area contributed by atoms with Crippen molar-refractivity contribution in [1.82, 2.24) is 0 Å². The molecule has 18 heavy (non-hydrogen) atoms. The first kappa shape index (κ1) is 12.9. The van der Waals surface area contributed by atoms with Gasteiger partial charge >= 0.3 is 5.97 Å². The van der Waals surface area contributed by atoms with Gasteiger partial charge in [0.25, 0.3) is 0 Å². The van der Waals surface area contributed by atoms with Crippen molar-refractivity contribution in [2.24, 2.45) is 5.92 Å². The van der Waals surface area contributed by atoms with Gasteiger partial charge in [-0.05, 0) is 43.9 Å². The van der Waals surface area contributed by atoms with Crippen molar-refractivity contribution in [3.05, 3.63) is 29.6 Å². The second kappa shape index (κ2) is 5.38. The number of carbonyl (C=O) groups is 1. The molecule has 0 radical (unpaired) electrons. The minimum atomic E-state index is -0.978. The van der Waals surface area contributed by atoms with Crippen LogP contribution in [0.4, 0.5) is 4.39 Å². The van der Waals surface area contributed by atoms with Crippen LogP contribution in [0.25, 0.3) is 0 Å². The molecular weight excluding hydrogens is 235 g/mol. The summed E-state index contributed by atoms with van der Waals surface area (Å²) in [6.07, 6.45) is 3.55. The van der Waals surface area contributed by atoms with Crippen molar-refractivity contribution in [2.75, 3.05) is 6.61 Å². The number of hydrogen-bond acceptors (Lipinski definition) is 2. The molecule has 1 N–H and O–H groups in total. The molecule has 1 unspecified atom stereocenters.